The molecule has 3 aromatic rings. The quantitative estimate of drug-likeness (QED) is 0.706. The van der Waals surface area contributed by atoms with E-state index in [1.54, 1.807) is 18.3 Å². The largest absolute Gasteiger partial charge is 0.415 e. The lowest BCUT2D eigenvalue weighted by molar-refractivity contribution is 0.395. The first-order chi connectivity index (χ1) is 11.3. The molecule has 0 spiro atoms. The standard InChI is InChI=1S/C17H14N4OS/c1-2-14(12-7-4-3-5-8-12)15-20-21-17(22-15)23-16-13(11-18)9-6-10-19-16/h3-10,14H,2H2,1H3/t14-/m1/s1. The first-order valence-electron chi connectivity index (χ1n) is 7.23. The van der Waals surface area contributed by atoms with E-state index in [0.717, 1.165) is 12.0 Å². The van der Waals surface area contributed by atoms with E-state index in [2.05, 4.69) is 40.3 Å². The van der Waals surface area contributed by atoms with Crippen LogP contribution in [0.1, 0.15) is 36.3 Å². The van der Waals surface area contributed by atoms with Crippen molar-refractivity contribution in [3.05, 3.63) is 65.7 Å². The molecule has 2 heterocycles. The molecule has 114 valence electrons. The van der Waals surface area contributed by atoms with Gasteiger partial charge in [0.05, 0.1) is 11.5 Å². The second kappa shape index (κ2) is 7.07. The summed E-state index contributed by atoms with van der Waals surface area (Å²) in [7, 11) is 0. The van der Waals surface area contributed by atoms with Gasteiger partial charge in [-0.15, -0.1) is 10.2 Å². The van der Waals surface area contributed by atoms with Crippen LogP contribution in [0.5, 0.6) is 0 Å². The predicted molar refractivity (Wildman–Crippen MR) is 85.9 cm³/mol. The number of hydrogen-bond acceptors (Lipinski definition) is 6. The third kappa shape index (κ3) is 3.41. The summed E-state index contributed by atoms with van der Waals surface area (Å²) < 4.78 is 5.79. The van der Waals surface area contributed by atoms with Gasteiger partial charge in [0.15, 0.2) is 0 Å². The number of aromatic nitrogens is 3. The summed E-state index contributed by atoms with van der Waals surface area (Å²) in [6.45, 7) is 2.08. The van der Waals surface area contributed by atoms with Crippen molar-refractivity contribution in [1.82, 2.24) is 15.2 Å². The molecule has 1 aromatic carbocycles. The maximum atomic E-state index is 9.11. The van der Waals surface area contributed by atoms with Gasteiger partial charge in [0.2, 0.25) is 5.89 Å². The molecule has 2 aromatic heterocycles. The van der Waals surface area contributed by atoms with E-state index in [1.165, 1.54) is 11.8 Å². The number of rotatable bonds is 5. The minimum Gasteiger partial charge on any atom is -0.415 e. The molecule has 0 saturated heterocycles. The van der Waals surface area contributed by atoms with E-state index < -0.39 is 0 Å². The lowest BCUT2D eigenvalue weighted by atomic mass is 9.97. The summed E-state index contributed by atoms with van der Waals surface area (Å²) in [6.07, 6.45) is 2.50. The second-order valence-electron chi connectivity index (χ2n) is 4.85. The van der Waals surface area contributed by atoms with Crippen molar-refractivity contribution < 1.29 is 4.42 Å². The average Bonchev–Trinajstić information content (AvgIpc) is 3.05. The van der Waals surface area contributed by atoms with Gasteiger partial charge >= 0.3 is 0 Å². The first kappa shape index (κ1) is 15.3. The fourth-order valence-corrected chi connectivity index (χ4v) is 2.99. The summed E-state index contributed by atoms with van der Waals surface area (Å²) in [5.74, 6) is 0.646. The summed E-state index contributed by atoms with van der Waals surface area (Å²) in [4.78, 5) is 4.19. The zero-order valence-electron chi connectivity index (χ0n) is 12.5. The van der Waals surface area contributed by atoms with E-state index in [1.807, 2.05) is 18.2 Å². The molecule has 1 atom stereocenters. The fraction of sp³-hybridized carbons (Fsp3) is 0.176. The Morgan fingerprint density at radius 2 is 2.00 bits per heavy atom. The molecule has 0 bridgehead atoms. The Bertz CT molecular complexity index is 826. The van der Waals surface area contributed by atoms with E-state index in [-0.39, 0.29) is 5.92 Å². The molecule has 0 aliphatic heterocycles. The van der Waals surface area contributed by atoms with Crippen LogP contribution in [0.25, 0.3) is 0 Å². The van der Waals surface area contributed by atoms with E-state index in [4.69, 9.17) is 9.68 Å². The van der Waals surface area contributed by atoms with Crippen LogP contribution in [-0.4, -0.2) is 15.2 Å². The number of benzene rings is 1. The minimum absolute atomic E-state index is 0.0669. The monoisotopic (exact) mass is 322 g/mol. The third-order valence-electron chi connectivity index (χ3n) is 3.41. The van der Waals surface area contributed by atoms with Crippen molar-refractivity contribution in [2.75, 3.05) is 0 Å². The van der Waals surface area contributed by atoms with Crippen molar-refractivity contribution in [2.45, 2.75) is 29.5 Å². The van der Waals surface area contributed by atoms with Gasteiger partial charge in [-0.1, -0.05) is 37.3 Å². The van der Waals surface area contributed by atoms with Gasteiger partial charge in [-0.2, -0.15) is 5.26 Å². The van der Waals surface area contributed by atoms with Gasteiger partial charge in [-0.05, 0) is 35.9 Å². The lowest BCUT2D eigenvalue weighted by Gasteiger charge is -2.10. The van der Waals surface area contributed by atoms with Crippen LogP contribution in [0.4, 0.5) is 0 Å². The Balaban J connectivity index is 1.84. The molecule has 0 aliphatic carbocycles. The van der Waals surface area contributed by atoms with Crippen molar-refractivity contribution >= 4 is 11.8 Å². The Hall–Kier alpha value is -2.65. The molecule has 3 rings (SSSR count). The van der Waals surface area contributed by atoms with E-state index in [9.17, 15) is 0 Å². The maximum absolute atomic E-state index is 9.11. The Labute approximate surface area is 138 Å². The number of nitrogens with zero attached hydrogens (tertiary/aromatic N) is 4. The molecule has 6 heteroatoms. The highest BCUT2D eigenvalue weighted by Gasteiger charge is 2.20. The zero-order chi connectivity index (χ0) is 16.1. The fourth-order valence-electron chi connectivity index (χ4n) is 2.28. The molecule has 0 saturated carbocycles. The summed E-state index contributed by atoms with van der Waals surface area (Å²) in [5, 5.41) is 18.3. The molecule has 23 heavy (non-hydrogen) atoms. The van der Waals surface area contributed by atoms with Crippen LogP contribution in [0.2, 0.25) is 0 Å². The van der Waals surface area contributed by atoms with Gasteiger partial charge in [-0.25, -0.2) is 4.98 Å². The Morgan fingerprint density at radius 1 is 1.17 bits per heavy atom. The van der Waals surface area contributed by atoms with E-state index >= 15 is 0 Å². The number of hydrogen-bond donors (Lipinski definition) is 0. The van der Waals surface area contributed by atoms with Crippen LogP contribution in [0.3, 0.4) is 0 Å². The molecule has 5 nitrogen and oxygen atoms in total. The van der Waals surface area contributed by atoms with Crippen LogP contribution in [0, 0.1) is 11.3 Å². The van der Waals surface area contributed by atoms with Gasteiger partial charge in [0.25, 0.3) is 5.22 Å². The van der Waals surface area contributed by atoms with Crippen LogP contribution in [0.15, 0.2) is 63.3 Å². The van der Waals surface area contributed by atoms with Crippen molar-refractivity contribution in [2.24, 2.45) is 0 Å². The van der Waals surface area contributed by atoms with Crippen LogP contribution in [-0.2, 0) is 0 Å². The molecule has 0 N–H and O–H groups in total. The minimum atomic E-state index is 0.0669. The zero-order valence-corrected chi connectivity index (χ0v) is 13.3. The highest BCUT2D eigenvalue weighted by Crippen LogP contribution is 2.31. The smallest absolute Gasteiger partial charge is 0.283 e. The van der Waals surface area contributed by atoms with Gasteiger partial charge in [0, 0.05) is 6.20 Å². The highest BCUT2D eigenvalue weighted by molar-refractivity contribution is 7.99. The summed E-state index contributed by atoms with van der Waals surface area (Å²) in [5.41, 5.74) is 1.64. The third-order valence-corrected chi connectivity index (χ3v) is 4.26. The van der Waals surface area contributed by atoms with Gasteiger partial charge < -0.3 is 4.42 Å². The summed E-state index contributed by atoms with van der Waals surface area (Å²) in [6, 6.07) is 15.6. The molecule has 0 aliphatic rings. The van der Waals surface area contributed by atoms with Crippen LogP contribution >= 0.6 is 11.8 Å². The molecule has 0 fully saturated rings. The Kier molecular flexibility index (Phi) is 4.69. The van der Waals surface area contributed by atoms with Crippen molar-refractivity contribution in [1.29, 1.82) is 5.26 Å². The molecular weight excluding hydrogens is 308 g/mol. The van der Waals surface area contributed by atoms with Gasteiger partial charge in [-0.3, -0.25) is 0 Å². The molecule has 0 amide bonds. The van der Waals surface area contributed by atoms with Gasteiger partial charge in [0.1, 0.15) is 11.1 Å². The summed E-state index contributed by atoms with van der Waals surface area (Å²) >= 11 is 1.21. The normalized spacial score (nSPS) is 11.8. The molecular formula is C17H14N4OS. The van der Waals surface area contributed by atoms with Crippen LogP contribution < -0.4 is 0 Å². The van der Waals surface area contributed by atoms with Crippen molar-refractivity contribution in [3.63, 3.8) is 0 Å². The second-order valence-corrected chi connectivity index (χ2v) is 5.79. The Morgan fingerprint density at radius 3 is 2.74 bits per heavy atom. The predicted octanol–water partition coefficient (Wildman–Crippen LogP) is 4.03. The topological polar surface area (TPSA) is 75.6 Å². The SMILES string of the molecule is CC[C@H](c1ccccc1)c1nnc(Sc2ncccc2C#N)o1. The maximum Gasteiger partial charge on any atom is 0.283 e. The number of pyridine rings is 1. The lowest BCUT2D eigenvalue weighted by Crippen LogP contribution is -1.99. The highest BCUT2D eigenvalue weighted by atomic mass is 32.2. The molecule has 0 unspecified atom stereocenters. The first-order valence-corrected chi connectivity index (χ1v) is 8.04. The average molecular weight is 322 g/mol. The van der Waals surface area contributed by atoms with E-state index in [0.29, 0.717) is 21.7 Å². The molecule has 0 radical (unpaired) electrons. The number of nitriles is 1. The van der Waals surface area contributed by atoms with Crippen molar-refractivity contribution in [3.8, 4) is 6.07 Å².